The number of rotatable bonds is 1. The third kappa shape index (κ3) is 8.26. The summed E-state index contributed by atoms with van der Waals surface area (Å²) in [5.74, 6) is 0. The first-order chi connectivity index (χ1) is 6.75. The zero-order valence-corrected chi connectivity index (χ0v) is 11.4. The maximum atomic E-state index is 10.2. The van der Waals surface area contributed by atoms with Crippen LogP contribution in [0.1, 0.15) is 10.4 Å². The van der Waals surface area contributed by atoms with Gasteiger partial charge in [-0.15, -0.1) is 0 Å². The number of halogens is 5. The Morgan fingerprint density at radius 2 is 1.47 bits per heavy atom. The molecule has 0 aliphatic rings. The average Bonchev–Trinajstić information content (AvgIpc) is 2.01. The molecule has 10 heteroatoms. The molecule has 0 N–H and O–H groups in total. The standard InChI is InChI=1S/C5H2Cl2N2O.Cl3OP/c6-4-3(1-10)5(7)9-2-8-4;1-5(2,3)4/h1-2H;. The van der Waals surface area contributed by atoms with Crippen molar-refractivity contribution in [3.05, 3.63) is 22.2 Å². The molecule has 15 heavy (non-hydrogen) atoms. The van der Waals surface area contributed by atoms with Crippen molar-refractivity contribution in [2.45, 2.75) is 0 Å². The predicted molar refractivity (Wildman–Crippen MR) is 62.6 cm³/mol. The molecule has 0 saturated heterocycles. The van der Waals surface area contributed by atoms with Gasteiger partial charge in [0.25, 0.3) is 0 Å². The Morgan fingerprint density at radius 3 is 1.67 bits per heavy atom. The van der Waals surface area contributed by atoms with Gasteiger partial charge < -0.3 is 0 Å². The van der Waals surface area contributed by atoms with Crippen LogP contribution in [-0.2, 0) is 4.57 Å². The van der Waals surface area contributed by atoms with E-state index in [-0.39, 0.29) is 15.9 Å². The fraction of sp³-hybridized carbons (Fsp3) is 0. The lowest BCUT2D eigenvalue weighted by Crippen LogP contribution is -1.89. The van der Waals surface area contributed by atoms with Gasteiger partial charge in [0, 0.05) is 0 Å². The fourth-order valence-electron chi connectivity index (χ4n) is 0.452. The second kappa shape index (κ2) is 6.89. The normalized spacial score (nSPS) is 10.2. The highest BCUT2D eigenvalue weighted by Gasteiger charge is 2.04. The molecule has 84 valence electrons. The molecule has 1 heterocycles. The van der Waals surface area contributed by atoms with Crippen molar-refractivity contribution in [3.63, 3.8) is 0 Å². The van der Waals surface area contributed by atoms with Crippen molar-refractivity contribution in [1.82, 2.24) is 9.97 Å². The molecule has 0 aliphatic heterocycles. The molecule has 1 aromatic rings. The average molecular weight is 330 g/mol. The quantitative estimate of drug-likeness (QED) is 0.435. The van der Waals surface area contributed by atoms with Crippen LogP contribution in [0.2, 0.25) is 10.3 Å². The summed E-state index contributed by atoms with van der Waals surface area (Å²) >= 11 is 24.8. The van der Waals surface area contributed by atoms with E-state index in [1.54, 1.807) is 0 Å². The number of nitrogens with zero attached hydrogens (tertiary/aromatic N) is 2. The second-order valence-corrected chi connectivity index (χ2v) is 9.24. The minimum atomic E-state index is -3.22. The van der Waals surface area contributed by atoms with Crippen molar-refractivity contribution in [2.75, 3.05) is 0 Å². The molecular weight excluding hydrogens is 328 g/mol. The minimum Gasteiger partial charge on any atom is -0.298 e. The SMILES string of the molecule is O=Cc1c(Cl)ncnc1Cl.O=P(Cl)(Cl)Cl. The maximum absolute atomic E-state index is 10.2. The van der Waals surface area contributed by atoms with Gasteiger partial charge in [0.1, 0.15) is 16.6 Å². The van der Waals surface area contributed by atoms with Gasteiger partial charge in [-0.25, -0.2) is 9.97 Å². The van der Waals surface area contributed by atoms with Crippen molar-refractivity contribution < 1.29 is 9.36 Å². The molecule has 0 saturated carbocycles. The van der Waals surface area contributed by atoms with Crippen LogP contribution in [0.15, 0.2) is 6.33 Å². The molecule has 0 spiro atoms. The first kappa shape index (κ1) is 15.4. The number of carbonyl (C=O) groups excluding carboxylic acids is 1. The Morgan fingerprint density at radius 1 is 1.13 bits per heavy atom. The Kier molecular flexibility index (Phi) is 7.09. The molecule has 0 amide bonds. The van der Waals surface area contributed by atoms with E-state index in [0.717, 1.165) is 0 Å². The van der Waals surface area contributed by atoms with Gasteiger partial charge >= 0.3 is 5.20 Å². The summed E-state index contributed by atoms with van der Waals surface area (Å²) in [5, 5.41) is -3.06. The Bertz CT molecular complexity index is 366. The molecule has 1 rings (SSSR count). The predicted octanol–water partition coefficient (Wildman–Crippen LogP) is 4.41. The van der Waals surface area contributed by atoms with Crippen molar-refractivity contribution in [2.24, 2.45) is 0 Å². The topological polar surface area (TPSA) is 59.9 Å². The summed E-state index contributed by atoms with van der Waals surface area (Å²) in [4.78, 5) is 17.3. The van der Waals surface area contributed by atoms with Crippen LogP contribution in [0.4, 0.5) is 0 Å². The van der Waals surface area contributed by atoms with Crippen LogP contribution in [0, 0.1) is 0 Å². The molecule has 0 radical (unpaired) electrons. The zero-order valence-electron chi connectivity index (χ0n) is 6.70. The van der Waals surface area contributed by atoms with E-state index >= 15 is 0 Å². The van der Waals surface area contributed by atoms with Gasteiger partial charge in [-0.3, -0.25) is 9.36 Å². The van der Waals surface area contributed by atoms with Crippen LogP contribution in [0.25, 0.3) is 0 Å². The van der Waals surface area contributed by atoms with Crippen molar-refractivity contribution in [1.29, 1.82) is 0 Å². The van der Waals surface area contributed by atoms with Crippen molar-refractivity contribution in [3.8, 4) is 0 Å². The summed E-state index contributed by atoms with van der Waals surface area (Å²) in [6.07, 6.45) is 1.71. The van der Waals surface area contributed by atoms with Crippen LogP contribution in [-0.4, -0.2) is 16.3 Å². The maximum Gasteiger partial charge on any atom is 0.339 e. The Hall–Kier alpha value is 0.430. The summed E-state index contributed by atoms with van der Waals surface area (Å²) in [7, 11) is 0. The molecule has 0 bridgehead atoms. The largest absolute Gasteiger partial charge is 0.339 e. The highest BCUT2D eigenvalue weighted by Crippen LogP contribution is 2.61. The lowest BCUT2D eigenvalue weighted by molar-refractivity contribution is 0.112. The fourth-order valence-corrected chi connectivity index (χ4v) is 0.855. The second-order valence-electron chi connectivity index (χ2n) is 1.89. The third-order valence-electron chi connectivity index (χ3n) is 0.905. The first-order valence-corrected chi connectivity index (χ1v) is 8.23. The summed E-state index contributed by atoms with van der Waals surface area (Å²) < 4.78 is 9.51. The monoisotopic (exact) mass is 328 g/mol. The Balaban J connectivity index is 0.000000336. The van der Waals surface area contributed by atoms with Crippen LogP contribution >= 0.6 is 62.1 Å². The lowest BCUT2D eigenvalue weighted by atomic mass is 10.4. The third-order valence-corrected chi connectivity index (χ3v) is 1.51. The zero-order chi connectivity index (χ0) is 12.1. The van der Waals surface area contributed by atoms with E-state index in [1.165, 1.54) is 6.33 Å². The molecule has 0 unspecified atom stereocenters. The number of hydrogen-bond acceptors (Lipinski definition) is 4. The van der Waals surface area contributed by atoms with Gasteiger partial charge in [-0.2, -0.15) is 0 Å². The first-order valence-electron chi connectivity index (χ1n) is 3.06. The summed E-state index contributed by atoms with van der Waals surface area (Å²) in [5.41, 5.74) is 0.130. The molecule has 0 fully saturated rings. The van der Waals surface area contributed by atoms with E-state index in [4.69, 9.17) is 23.2 Å². The molecule has 0 aliphatic carbocycles. The van der Waals surface area contributed by atoms with Gasteiger partial charge in [0.2, 0.25) is 0 Å². The van der Waals surface area contributed by atoms with Crippen LogP contribution in [0.5, 0.6) is 0 Å². The number of aldehydes is 1. The highest BCUT2D eigenvalue weighted by molar-refractivity contribution is 8.24. The molecule has 0 aromatic carbocycles. The summed E-state index contributed by atoms with van der Waals surface area (Å²) in [6, 6.07) is 0. The molecule has 1 aromatic heterocycles. The molecular formula is C5H2Cl5N2O2P. The van der Waals surface area contributed by atoms with Crippen LogP contribution < -0.4 is 0 Å². The van der Waals surface area contributed by atoms with Crippen molar-refractivity contribution >= 4 is 68.4 Å². The van der Waals surface area contributed by atoms with E-state index < -0.39 is 5.20 Å². The van der Waals surface area contributed by atoms with Gasteiger partial charge in [-0.1, -0.05) is 23.2 Å². The minimum absolute atomic E-state index is 0.0787. The number of aromatic nitrogens is 2. The molecule has 0 atom stereocenters. The van der Waals surface area contributed by atoms with Gasteiger partial charge in [0.05, 0.1) is 5.56 Å². The number of hydrogen-bond donors (Lipinski definition) is 0. The van der Waals surface area contributed by atoms with Gasteiger partial charge in [0.15, 0.2) is 6.29 Å². The molecule has 4 nitrogen and oxygen atoms in total. The van der Waals surface area contributed by atoms with E-state index in [2.05, 4.69) is 43.7 Å². The smallest absolute Gasteiger partial charge is 0.298 e. The lowest BCUT2D eigenvalue weighted by Gasteiger charge is -1.93. The highest BCUT2D eigenvalue weighted by atomic mass is 36.0. The van der Waals surface area contributed by atoms with E-state index in [0.29, 0.717) is 6.29 Å². The summed E-state index contributed by atoms with van der Waals surface area (Å²) in [6.45, 7) is 0. The van der Waals surface area contributed by atoms with E-state index in [1.807, 2.05) is 0 Å². The van der Waals surface area contributed by atoms with Crippen LogP contribution in [0.3, 0.4) is 0 Å². The van der Waals surface area contributed by atoms with E-state index in [9.17, 15) is 9.36 Å². The number of carbonyl (C=O) groups is 1. The van der Waals surface area contributed by atoms with Gasteiger partial charge in [-0.05, 0) is 33.7 Å². The Labute approximate surface area is 110 Å².